The molecule has 0 aromatic heterocycles. The van der Waals surface area contributed by atoms with Gasteiger partial charge in [-0.25, -0.2) is 0 Å². The Hall–Kier alpha value is -4.69. The highest BCUT2D eigenvalue weighted by Gasteiger charge is 2.34. The standard InChI is InChI=1S/C44H50O2.C7H9OP.C3H8.C2H6/c1-6-35(30-33(2)3)36-26-28-40(29-27-36)46-43(31-44(5,38-20-12-8-13-21-38)39-22-14-9-15-23-39)45-32-34(4)41-24-16-17-25-42(41)37-18-10-7-11-19-37;8-7-3-1-6(5-9)2-4-7;1-3-2;1-2/h7-29,33-35,43H,6,30-32H2,1-5H3;1-4,8H,5,9H2;3H2,1-2H3;1-2H3. The minimum atomic E-state index is -0.458. The third-order valence-corrected chi connectivity index (χ3v) is 11.0. The molecule has 0 bridgehead atoms. The zero-order valence-corrected chi connectivity index (χ0v) is 39.1. The molecule has 320 valence electrons. The molecule has 4 atom stereocenters. The Morgan fingerprint density at radius 2 is 1.13 bits per heavy atom. The summed E-state index contributed by atoms with van der Waals surface area (Å²) in [7, 11) is 2.63. The Balaban J connectivity index is 0.000000589. The van der Waals surface area contributed by atoms with E-state index in [1.54, 1.807) is 12.1 Å². The number of phenolic OH excluding ortho intramolecular Hbond substituents is 1. The van der Waals surface area contributed by atoms with Crippen molar-refractivity contribution in [3.63, 3.8) is 0 Å². The molecule has 0 amide bonds. The van der Waals surface area contributed by atoms with Crippen molar-refractivity contribution in [1.29, 1.82) is 0 Å². The highest BCUT2D eigenvalue weighted by molar-refractivity contribution is 7.15. The number of rotatable bonds is 16. The Morgan fingerprint density at radius 3 is 1.63 bits per heavy atom. The third kappa shape index (κ3) is 15.7. The summed E-state index contributed by atoms with van der Waals surface area (Å²) in [6, 6.07) is 56.8. The van der Waals surface area contributed by atoms with Gasteiger partial charge >= 0.3 is 0 Å². The van der Waals surface area contributed by atoms with E-state index in [-0.39, 0.29) is 11.3 Å². The van der Waals surface area contributed by atoms with E-state index in [0.717, 1.165) is 18.3 Å². The first-order valence-corrected chi connectivity index (χ1v) is 23.0. The topological polar surface area (TPSA) is 38.7 Å². The number of aromatic hydroxyl groups is 1. The highest BCUT2D eigenvalue weighted by Crippen LogP contribution is 2.39. The predicted molar refractivity (Wildman–Crippen MR) is 262 cm³/mol. The van der Waals surface area contributed by atoms with Crippen molar-refractivity contribution in [1.82, 2.24) is 0 Å². The number of hydrogen-bond acceptors (Lipinski definition) is 3. The molecule has 0 heterocycles. The van der Waals surface area contributed by atoms with E-state index in [1.165, 1.54) is 51.8 Å². The summed E-state index contributed by atoms with van der Waals surface area (Å²) >= 11 is 0. The molecule has 6 aromatic carbocycles. The van der Waals surface area contributed by atoms with Crippen molar-refractivity contribution in [3.8, 4) is 22.6 Å². The van der Waals surface area contributed by atoms with Crippen molar-refractivity contribution >= 4 is 9.24 Å². The quantitative estimate of drug-likeness (QED) is 0.0780. The van der Waals surface area contributed by atoms with Crippen LogP contribution in [-0.2, 0) is 16.3 Å². The second-order valence-corrected chi connectivity index (χ2v) is 16.3. The van der Waals surface area contributed by atoms with Crippen molar-refractivity contribution < 1.29 is 14.6 Å². The summed E-state index contributed by atoms with van der Waals surface area (Å²) in [4.78, 5) is 0. The summed E-state index contributed by atoms with van der Waals surface area (Å²) in [5.74, 6) is 2.57. The van der Waals surface area contributed by atoms with Crippen LogP contribution >= 0.6 is 9.24 Å². The van der Waals surface area contributed by atoms with E-state index < -0.39 is 6.29 Å². The molecule has 0 spiro atoms. The fourth-order valence-corrected chi connectivity index (χ4v) is 7.61. The molecule has 0 aliphatic heterocycles. The van der Waals surface area contributed by atoms with Gasteiger partial charge < -0.3 is 14.6 Å². The Kier molecular flexibility index (Phi) is 22.5. The van der Waals surface area contributed by atoms with Crippen LogP contribution in [0.2, 0.25) is 0 Å². The zero-order chi connectivity index (χ0) is 43.8. The van der Waals surface area contributed by atoms with Crippen molar-refractivity contribution in [2.75, 3.05) is 6.61 Å². The molecule has 60 heavy (non-hydrogen) atoms. The molecule has 6 aromatic rings. The maximum atomic E-state index is 8.85. The number of ether oxygens (including phenoxy) is 2. The van der Waals surface area contributed by atoms with Crippen LogP contribution in [0.3, 0.4) is 0 Å². The molecule has 0 fully saturated rings. The molecular formula is C56H73O3P. The number of phenols is 1. The zero-order valence-electron chi connectivity index (χ0n) is 38.0. The largest absolute Gasteiger partial charge is 0.508 e. The van der Waals surface area contributed by atoms with E-state index in [2.05, 4.69) is 197 Å². The lowest BCUT2D eigenvalue weighted by Crippen LogP contribution is -2.34. The lowest BCUT2D eigenvalue weighted by atomic mass is 9.73. The lowest BCUT2D eigenvalue weighted by molar-refractivity contribution is -0.0957. The van der Waals surface area contributed by atoms with Gasteiger partial charge in [-0.3, -0.25) is 0 Å². The monoisotopic (exact) mass is 825 g/mol. The molecule has 1 N–H and O–H groups in total. The van der Waals surface area contributed by atoms with Gasteiger partial charge in [-0.15, -0.1) is 9.24 Å². The van der Waals surface area contributed by atoms with Gasteiger partial charge in [0.1, 0.15) is 11.5 Å². The average molecular weight is 825 g/mol. The van der Waals surface area contributed by atoms with E-state index in [1.807, 2.05) is 26.0 Å². The van der Waals surface area contributed by atoms with Crippen LogP contribution in [0.15, 0.2) is 164 Å². The molecule has 4 unspecified atom stereocenters. The third-order valence-electron chi connectivity index (χ3n) is 10.5. The van der Waals surface area contributed by atoms with Gasteiger partial charge in [0.05, 0.1) is 6.61 Å². The molecular weight excluding hydrogens is 752 g/mol. The molecule has 0 saturated heterocycles. The van der Waals surface area contributed by atoms with Gasteiger partial charge in [-0.1, -0.05) is 208 Å². The molecule has 3 nitrogen and oxygen atoms in total. The van der Waals surface area contributed by atoms with Crippen LogP contribution in [0.5, 0.6) is 11.5 Å². The normalized spacial score (nSPS) is 12.3. The van der Waals surface area contributed by atoms with Crippen LogP contribution in [0, 0.1) is 5.92 Å². The first kappa shape index (κ1) is 49.7. The fraction of sp³-hybridized carbons (Fsp3) is 0.357. The Labute approximate surface area is 366 Å². The van der Waals surface area contributed by atoms with Crippen LogP contribution in [0.1, 0.15) is 128 Å². The minimum Gasteiger partial charge on any atom is -0.508 e. The van der Waals surface area contributed by atoms with Crippen LogP contribution < -0.4 is 4.74 Å². The predicted octanol–water partition coefficient (Wildman–Crippen LogP) is 16.0. The van der Waals surface area contributed by atoms with Crippen LogP contribution in [0.4, 0.5) is 0 Å². The maximum absolute atomic E-state index is 8.85. The first-order chi connectivity index (χ1) is 29.1. The minimum absolute atomic E-state index is 0.172. The Morgan fingerprint density at radius 1 is 0.633 bits per heavy atom. The molecule has 0 aliphatic carbocycles. The van der Waals surface area contributed by atoms with Gasteiger partial charge in [0.15, 0.2) is 0 Å². The van der Waals surface area contributed by atoms with Crippen LogP contribution in [-0.4, -0.2) is 18.0 Å². The molecule has 0 saturated carbocycles. The molecule has 6 rings (SSSR count). The summed E-state index contributed by atoms with van der Waals surface area (Å²) in [5, 5.41) is 8.85. The summed E-state index contributed by atoms with van der Waals surface area (Å²) in [5.41, 5.74) is 8.53. The average Bonchev–Trinajstić information content (AvgIpc) is 3.30. The molecule has 0 aliphatic rings. The van der Waals surface area contributed by atoms with E-state index >= 15 is 0 Å². The van der Waals surface area contributed by atoms with E-state index in [4.69, 9.17) is 14.6 Å². The van der Waals surface area contributed by atoms with E-state index in [9.17, 15) is 0 Å². The number of benzene rings is 6. The summed E-state index contributed by atoms with van der Waals surface area (Å²) in [6.45, 7) is 20.2. The smallest absolute Gasteiger partial charge is 0.201 e. The highest BCUT2D eigenvalue weighted by atomic mass is 31.0. The summed E-state index contributed by atoms with van der Waals surface area (Å²) < 4.78 is 13.6. The van der Waals surface area contributed by atoms with E-state index in [0.29, 0.717) is 30.6 Å². The van der Waals surface area contributed by atoms with Crippen molar-refractivity contribution in [3.05, 3.63) is 192 Å². The SMILES string of the molecule is CC.CCC.CCC(CC(C)C)c1ccc(OC(CC(C)(c2ccccc2)c2ccccc2)OCC(C)c2ccccc2-c2ccccc2)cc1.Oc1ccc(CP)cc1. The molecule has 0 radical (unpaired) electrons. The van der Waals surface area contributed by atoms with Crippen LogP contribution in [0.25, 0.3) is 11.1 Å². The van der Waals surface area contributed by atoms with Gasteiger partial charge in [-0.05, 0) is 94.0 Å². The lowest BCUT2D eigenvalue weighted by Gasteiger charge is -2.35. The maximum Gasteiger partial charge on any atom is 0.201 e. The fourth-order valence-electron chi connectivity index (χ4n) is 7.34. The van der Waals surface area contributed by atoms with Gasteiger partial charge in [0.2, 0.25) is 6.29 Å². The summed E-state index contributed by atoms with van der Waals surface area (Å²) in [6.07, 6.45) is 4.73. The second-order valence-electron chi connectivity index (χ2n) is 15.9. The number of hydrogen-bond donors (Lipinski definition) is 1. The van der Waals surface area contributed by atoms with Crippen molar-refractivity contribution in [2.24, 2.45) is 5.92 Å². The second kappa shape index (κ2) is 27.2. The van der Waals surface area contributed by atoms with Gasteiger partial charge in [-0.2, -0.15) is 0 Å². The van der Waals surface area contributed by atoms with Gasteiger partial charge in [0, 0.05) is 17.8 Å². The Bertz CT molecular complexity index is 1940. The van der Waals surface area contributed by atoms with Crippen molar-refractivity contribution in [2.45, 2.75) is 118 Å². The molecule has 4 heteroatoms. The van der Waals surface area contributed by atoms with Gasteiger partial charge in [0.25, 0.3) is 0 Å². The first-order valence-electron chi connectivity index (χ1n) is 22.2.